The van der Waals surface area contributed by atoms with E-state index in [0.717, 1.165) is 25.1 Å². The predicted molar refractivity (Wildman–Crippen MR) is 112 cm³/mol. The smallest absolute Gasteiger partial charge is 0.262 e. The van der Waals surface area contributed by atoms with Gasteiger partial charge in [0.05, 0.1) is 4.88 Å². The quantitative estimate of drug-likeness (QED) is 0.689. The largest absolute Gasteiger partial charge is 0.351 e. The molecule has 1 fully saturated rings. The van der Waals surface area contributed by atoms with Crippen molar-refractivity contribution < 1.29 is 9.59 Å². The van der Waals surface area contributed by atoms with Gasteiger partial charge in [0, 0.05) is 12.5 Å². The van der Waals surface area contributed by atoms with E-state index < -0.39 is 6.04 Å². The molecule has 3 unspecified atom stereocenters. The monoisotopic (exact) mass is 407 g/mol. The van der Waals surface area contributed by atoms with Gasteiger partial charge in [-0.05, 0) is 42.4 Å². The molecule has 146 valence electrons. The van der Waals surface area contributed by atoms with E-state index in [0.29, 0.717) is 17.2 Å². The lowest BCUT2D eigenvalue weighted by Gasteiger charge is -2.31. The lowest BCUT2D eigenvalue weighted by molar-refractivity contribution is -0.124. The molecule has 0 saturated carbocycles. The van der Waals surface area contributed by atoms with E-state index in [2.05, 4.69) is 22.9 Å². The Morgan fingerprint density at radius 3 is 2.67 bits per heavy atom. The Labute approximate surface area is 170 Å². The number of hydrogen-bond acceptors (Lipinski definition) is 4. The summed E-state index contributed by atoms with van der Waals surface area (Å²) >= 11 is 1.38. The van der Waals surface area contributed by atoms with Gasteiger partial charge in [-0.15, -0.1) is 23.7 Å². The van der Waals surface area contributed by atoms with E-state index in [-0.39, 0.29) is 30.3 Å². The number of piperidine rings is 1. The van der Waals surface area contributed by atoms with Crippen LogP contribution in [0.4, 0.5) is 0 Å². The lowest BCUT2D eigenvalue weighted by Crippen LogP contribution is -2.54. The summed E-state index contributed by atoms with van der Waals surface area (Å²) in [6, 6.07) is 12.9. The second-order valence-electron chi connectivity index (χ2n) is 6.78. The fourth-order valence-electron chi connectivity index (χ4n) is 3.21. The van der Waals surface area contributed by atoms with E-state index in [1.807, 2.05) is 41.8 Å². The molecule has 0 bridgehead atoms. The van der Waals surface area contributed by atoms with Crippen LogP contribution in [0, 0.1) is 5.92 Å². The summed E-state index contributed by atoms with van der Waals surface area (Å²) < 4.78 is 0. The third kappa shape index (κ3) is 6.06. The normalized spacial score (nSPS) is 20.2. The number of benzene rings is 1. The van der Waals surface area contributed by atoms with Crippen molar-refractivity contribution in [1.29, 1.82) is 0 Å². The Morgan fingerprint density at radius 1 is 1.22 bits per heavy atom. The van der Waals surface area contributed by atoms with Crippen molar-refractivity contribution in [1.82, 2.24) is 16.0 Å². The minimum absolute atomic E-state index is 0. The maximum Gasteiger partial charge on any atom is 0.262 e. The van der Waals surface area contributed by atoms with Crippen molar-refractivity contribution in [3.05, 3.63) is 58.3 Å². The first-order valence-corrected chi connectivity index (χ1v) is 9.91. The maximum absolute atomic E-state index is 12.9. The topological polar surface area (TPSA) is 70.2 Å². The van der Waals surface area contributed by atoms with E-state index in [1.165, 1.54) is 11.3 Å². The van der Waals surface area contributed by atoms with Gasteiger partial charge < -0.3 is 16.0 Å². The molecule has 3 rings (SSSR count). The van der Waals surface area contributed by atoms with Gasteiger partial charge in [-0.2, -0.15) is 0 Å². The molecule has 7 heteroatoms. The number of rotatable bonds is 6. The molecule has 0 radical (unpaired) electrons. The second kappa shape index (κ2) is 10.4. The van der Waals surface area contributed by atoms with Crippen molar-refractivity contribution in [2.24, 2.45) is 5.92 Å². The van der Waals surface area contributed by atoms with E-state index in [4.69, 9.17) is 0 Å². The molecule has 1 aromatic heterocycles. The molecule has 1 aromatic carbocycles. The highest BCUT2D eigenvalue weighted by Gasteiger charge is 2.28. The van der Waals surface area contributed by atoms with Crippen LogP contribution in [0.2, 0.25) is 0 Å². The number of hydrogen-bond donors (Lipinski definition) is 3. The number of nitrogens with one attached hydrogen (secondary N) is 3. The fourth-order valence-corrected chi connectivity index (χ4v) is 3.83. The summed E-state index contributed by atoms with van der Waals surface area (Å²) in [6.45, 7) is 3.93. The van der Waals surface area contributed by atoms with Crippen LogP contribution < -0.4 is 16.0 Å². The standard InChI is InChI=1S/C20H25N3O2S.ClH/c1-14-13-21-10-9-16(14)22-19(24)17(12-15-6-3-2-4-7-15)23-20(25)18-8-5-11-26-18;/h2-8,11,14,16-17,21H,9-10,12-13H2,1H3,(H,22,24)(H,23,25);1H. The summed E-state index contributed by atoms with van der Waals surface area (Å²) in [7, 11) is 0. The lowest BCUT2D eigenvalue weighted by atomic mass is 9.94. The van der Waals surface area contributed by atoms with Gasteiger partial charge in [0.15, 0.2) is 0 Å². The van der Waals surface area contributed by atoms with Gasteiger partial charge in [-0.25, -0.2) is 0 Å². The van der Waals surface area contributed by atoms with Gasteiger partial charge in [0.2, 0.25) is 5.91 Å². The molecule has 3 N–H and O–H groups in total. The third-order valence-corrected chi connectivity index (χ3v) is 5.63. The van der Waals surface area contributed by atoms with Gasteiger partial charge >= 0.3 is 0 Å². The Hall–Kier alpha value is -1.89. The van der Waals surface area contributed by atoms with Crippen LogP contribution in [0.5, 0.6) is 0 Å². The van der Waals surface area contributed by atoms with Crippen molar-refractivity contribution in [3.8, 4) is 0 Å². The van der Waals surface area contributed by atoms with Crippen LogP contribution in [0.15, 0.2) is 47.8 Å². The van der Waals surface area contributed by atoms with Crippen LogP contribution in [0.3, 0.4) is 0 Å². The molecule has 1 aliphatic rings. The first-order chi connectivity index (χ1) is 12.6. The molecule has 3 atom stereocenters. The molecule has 1 aliphatic heterocycles. The molecular weight excluding hydrogens is 382 g/mol. The number of halogens is 1. The molecule has 1 saturated heterocycles. The Bertz CT molecular complexity index is 724. The van der Waals surface area contributed by atoms with Crippen LogP contribution in [0.25, 0.3) is 0 Å². The predicted octanol–water partition coefficient (Wildman–Crippen LogP) is 2.63. The average Bonchev–Trinajstić information content (AvgIpc) is 3.19. The summed E-state index contributed by atoms with van der Waals surface area (Å²) in [5, 5.41) is 11.3. The molecule has 0 spiro atoms. The summed E-state index contributed by atoms with van der Waals surface area (Å²) in [4.78, 5) is 26.0. The van der Waals surface area contributed by atoms with Crippen LogP contribution >= 0.6 is 23.7 Å². The van der Waals surface area contributed by atoms with Crippen molar-refractivity contribution in [2.75, 3.05) is 13.1 Å². The van der Waals surface area contributed by atoms with Crippen LogP contribution in [-0.2, 0) is 11.2 Å². The molecule has 2 aromatic rings. The first kappa shape index (κ1) is 21.4. The molecule has 2 amide bonds. The second-order valence-corrected chi connectivity index (χ2v) is 7.73. The number of amides is 2. The highest BCUT2D eigenvalue weighted by Crippen LogP contribution is 2.13. The van der Waals surface area contributed by atoms with Gasteiger partial charge in [0.1, 0.15) is 6.04 Å². The Kier molecular flexibility index (Phi) is 8.28. The molecule has 5 nitrogen and oxygen atoms in total. The van der Waals surface area contributed by atoms with Gasteiger partial charge in [-0.1, -0.05) is 43.3 Å². The average molecular weight is 408 g/mol. The SMILES string of the molecule is CC1CNCCC1NC(=O)C(Cc1ccccc1)NC(=O)c1cccs1.Cl. The van der Waals surface area contributed by atoms with E-state index in [1.54, 1.807) is 6.07 Å². The Morgan fingerprint density at radius 2 is 2.00 bits per heavy atom. The van der Waals surface area contributed by atoms with Crippen molar-refractivity contribution in [2.45, 2.75) is 31.8 Å². The Balaban J connectivity index is 0.00000261. The number of carbonyl (C=O) groups excluding carboxylic acids is 2. The third-order valence-electron chi connectivity index (χ3n) is 4.76. The van der Waals surface area contributed by atoms with E-state index in [9.17, 15) is 9.59 Å². The molecule has 27 heavy (non-hydrogen) atoms. The van der Waals surface area contributed by atoms with Gasteiger partial charge in [-0.3, -0.25) is 9.59 Å². The zero-order valence-corrected chi connectivity index (χ0v) is 16.9. The van der Waals surface area contributed by atoms with Crippen molar-refractivity contribution in [3.63, 3.8) is 0 Å². The molecular formula is C20H26ClN3O2S. The zero-order valence-electron chi connectivity index (χ0n) is 15.3. The zero-order chi connectivity index (χ0) is 18.4. The first-order valence-electron chi connectivity index (χ1n) is 9.03. The minimum Gasteiger partial charge on any atom is -0.351 e. The fraction of sp³-hybridized carbons (Fsp3) is 0.400. The molecule has 2 heterocycles. The number of carbonyl (C=O) groups is 2. The minimum atomic E-state index is -0.589. The summed E-state index contributed by atoms with van der Waals surface area (Å²) in [5.74, 6) is 0.0602. The summed E-state index contributed by atoms with van der Waals surface area (Å²) in [6.07, 6.45) is 1.38. The van der Waals surface area contributed by atoms with E-state index >= 15 is 0 Å². The van der Waals surface area contributed by atoms with Crippen molar-refractivity contribution >= 4 is 35.6 Å². The maximum atomic E-state index is 12.9. The van der Waals surface area contributed by atoms with Crippen LogP contribution in [-0.4, -0.2) is 37.0 Å². The highest BCUT2D eigenvalue weighted by atomic mass is 35.5. The van der Waals surface area contributed by atoms with Crippen LogP contribution in [0.1, 0.15) is 28.6 Å². The summed E-state index contributed by atoms with van der Waals surface area (Å²) in [5.41, 5.74) is 1.03. The number of thiophene rings is 1. The highest BCUT2D eigenvalue weighted by molar-refractivity contribution is 7.12. The van der Waals surface area contributed by atoms with Gasteiger partial charge in [0.25, 0.3) is 5.91 Å². The molecule has 0 aliphatic carbocycles.